The molecule has 8 atom stereocenters. The molecule has 1 aliphatic rings. The molecule has 168 valence electrons. The van der Waals surface area contributed by atoms with E-state index < -0.39 is 67.5 Å². The highest BCUT2D eigenvalue weighted by molar-refractivity contribution is 7.52. The summed E-state index contributed by atoms with van der Waals surface area (Å²) < 4.78 is 63.0. The fraction of sp³-hybridized carbons (Fsp3) is 1.00. The largest absolute Gasteiger partial charge is 0.470 e. The number of phosphoric acid groups is 2. The number of aliphatic hydroxyl groups is 2. The Bertz CT molecular complexity index is 607. The van der Waals surface area contributed by atoms with Crippen molar-refractivity contribution in [3.05, 3.63) is 0 Å². The first kappa shape index (κ1) is 26.5. The molecule has 0 amide bonds. The van der Waals surface area contributed by atoms with E-state index in [4.69, 9.17) is 19.6 Å². The SMILES string of the molecule is CP(=O)(O)O[C@H]1[C@H](O)[C@@H](OP(=O)(O)O)[C@H](OP(=O)(O)O)[C@H](O)[C@@H]1OP(C)(=O)O. The van der Waals surface area contributed by atoms with Gasteiger partial charge in [0.15, 0.2) is 0 Å². The van der Waals surface area contributed by atoms with Crippen molar-refractivity contribution >= 4 is 30.8 Å². The minimum absolute atomic E-state index is 0.616. The van der Waals surface area contributed by atoms with Gasteiger partial charge in [0.25, 0.3) is 0 Å². The van der Waals surface area contributed by atoms with Gasteiger partial charge in [0.05, 0.1) is 0 Å². The summed E-state index contributed by atoms with van der Waals surface area (Å²) in [7, 11) is -20.0. The van der Waals surface area contributed by atoms with Crippen molar-refractivity contribution in [3.8, 4) is 0 Å². The first-order valence-corrected chi connectivity index (χ1v) is 14.1. The quantitative estimate of drug-likeness (QED) is 0.170. The van der Waals surface area contributed by atoms with E-state index in [0.717, 1.165) is 0 Å². The zero-order chi connectivity index (χ0) is 22.3. The first-order valence-electron chi connectivity index (χ1n) is 7.01. The van der Waals surface area contributed by atoms with Crippen LogP contribution < -0.4 is 0 Å². The standard InChI is InChI=1S/C8H20O16P4/c1-25(11,12)21-5-3(9)7(23-27(15,16)17)8(24-28(18,19)20)4(10)6(5)22-26(2,13)14/h3-10H,1-2H3,(H,11,12)(H,13,14)(H2,15,16,17)(H2,18,19,20)/t3-,4+,5-,6-,7+,8+/m0/s1. The average Bonchev–Trinajstić information content (AvgIpc) is 2.39. The Kier molecular flexibility index (Phi) is 8.41. The molecule has 0 radical (unpaired) electrons. The monoisotopic (exact) mass is 496 g/mol. The molecule has 1 saturated carbocycles. The normalized spacial score (nSPS) is 36.5. The van der Waals surface area contributed by atoms with Crippen molar-refractivity contribution in [3.63, 3.8) is 0 Å². The second kappa shape index (κ2) is 8.89. The third-order valence-electron chi connectivity index (χ3n) is 3.15. The van der Waals surface area contributed by atoms with Crippen molar-refractivity contribution in [1.82, 2.24) is 0 Å². The highest BCUT2D eigenvalue weighted by Gasteiger charge is 2.57. The third kappa shape index (κ3) is 8.66. The van der Waals surface area contributed by atoms with Crippen LogP contribution >= 0.6 is 30.8 Å². The zero-order valence-corrected chi connectivity index (χ0v) is 17.7. The van der Waals surface area contributed by atoms with Gasteiger partial charge in [-0.3, -0.25) is 27.2 Å². The lowest BCUT2D eigenvalue weighted by Gasteiger charge is -2.46. The predicted octanol–water partition coefficient (Wildman–Crippen LogP) is -1.92. The minimum atomic E-state index is -5.48. The van der Waals surface area contributed by atoms with Crippen molar-refractivity contribution < 1.29 is 75.9 Å². The predicted molar refractivity (Wildman–Crippen MR) is 87.1 cm³/mol. The van der Waals surface area contributed by atoms with Gasteiger partial charge >= 0.3 is 30.8 Å². The Morgan fingerprint density at radius 3 is 0.929 bits per heavy atom. The molecular weight excluding hydrogens is 476 g/mol. The van der Waals surface area contributed by atoms with E-state index in [1.165, 1.54) is 0 Å². The lowest BCUT2D eigenvalue weighted by Crippen LogP contribution is -2.65. The van der Waals surface area contributed by atoms with Crippen LogP contribution in [-0.2, 0) is 36.4 Å². The van der Waals surface area contributed by atoms with Crippen LogP contribution in [0.1, 0.15) is 0 Å². The van der Waals surface area contributed by atoms with E-state index in [2.05, 4.69) is 18.1 Å². The molecule has 2 unspecified atom stereocenters. The molecule has 0 aromatic heterocycles. The summed E-state index contributed by atoms with van der Waals surface area (Å²) in [6.07, 6.45) is -14.1. The molecule has 1 rings (SSSR count). The lowest BCUT2D eigenvalue weighted by molar-refractivity contribution is -0.205. The molecule has 16 nitrogen and oxygen atoms in total. The fourth-order valence-corrected chi connectivity index (χ4v) is 4.93. The molecular formula is C8H20O16P4. The summed E-state index contributed by atoms with van der Waals surface area (Å²) in [5.41, 5.74) is 0. The maximum atomic E-state index is 11.6. The van der Waals surface area contributed by atoms with Gasteiger partial charge in [0.1, 0.15) is 36.6 Å². The maximum Gasteiger partial charge on any atom is 0.470 e. The van der Waals surface area contributed by atoms with Gasteiger partial charge in [-0.2, -0.15) is 0 Å². The summed E-state index contributed by atoms with van der Waals surface area (Å²) >= 11 is 0. The molecule has 0 heterocycles. The Morgan fingerprint density at radius 2 is 0.750 bits per heavy atom. The number of rotatable bonds is 8. The topological polar surface area (TPSA) is 267 Å². The molecule has 0 saturated heterocycles. The van der Waals surface area contributed by atoms with Crippen LogP contribution in [0.2, 0.25) is 0 Å². The van der Waals surface area contributed by atoms with Gasteiger partial charge < -0.3 is 39.6 Å². The number of hydrogen-bond acceptors (Lipinski definition) is 10. The lowest BCUT2D eigenvalue weighted by atomic mass is 9.85. The number of aliphatic hydroxyl groups excluding tert-OH is 2. The van der Waals surface area contributed by atoms with Crippen LogP contribution in [0, 0.1) is 0 Å². The van der Waals surface area contributed by atoms with Crippen molar-refractivity contribution in [2.75, 3.05) is 13.3 Å². The van der Waals surface area contributed by atoms with Crippen molar-refractivity contribution in [1.29, 1.82) is 0 Å². The van der Waals surface area contributed by atoms with Gasteiger partial charge in [-0.05, 0) is 0 Å². The second-order valence-electron chi connectivity index (χ2n) is 5.85. The van der Waals surface area contributed by atoms with Crippen LogP contribution in [-0.4, -0.2) is 89.5 Å². The van der Waals surface area contributed by atoms with Gasteiger partial charge in [0.2, 0.25) is 0 Å². The van der Waals surface area contributed by atoms with Crippen molar-refractivity contribution in [2.24, 2.45) is 0 Å². The molecule has 0 bridgehead atoms. The summed E-state index contributed by atoms with van der Waals surface area (Å²) in [4.78, 5) is 54.5. The first-order chi connectivity index (χ1) is 12.2. The van der Waals surface area contributed by atoms with Crippen LogP contribution in [0.5, 0.6) is 0 Å². The van der Waals surface area contributed by atoms with Gasteiger partial charge in [-0.1, -0.05) is 0 Å². The zero-order valence-electron chi connectivity index (χ0n) is 14.1. The van der Waals surface area contributed by atoms with Crippen LogP contribution in [0.3, 0.4) is 0 Å². The molecule has 28 heavy (non-hydrogen) atoms. The Balaban J connectivity index is 3.47. The molecule has 0 spiro atoms. The Morgan fingerprint density at radius 1 is 0.536 bits per heavy atom. The third-order valence-corrected chi connectivity index (χ3v) is 5.45. The van der Waals surface area contributed by atoms with Crippen molar-refractivity contribution in [2.45, 2.75) is 36.6 Å². The van der Waals surface area contributed by atoms with E-state index in [1.54, 1.807) is 0 Å². The highest BCUT2D eigenvalue weighted by atomic mass is 31.2. The van der Waals surface area contributed by atoms with E-state index in [1.807, 2.05) is 0 Å². The number of hydrogen-bond donors (Lipinski definition) is 8. The summed E-state index contributed by atoms with van der Waals surface area (Å²) in [6, 6.07) is 0. The van der Waals surface area contributed by atoms with Gasteiger partial charge in [-0.25, -0.2) is 9.13 Å². The van der Waals surface area contributed by atoms with E-state index >= 15 is 0 Å². The van der Waals surface area contributed by atoms with E-state index in [0.29, 0.717) is 13.3 Å². The fourth-order valence-electron chi connectivity index (χ4n) is 2.41. The molecule has 0 aliphatic heterocycles. The molecule has 8 N–H and O–H groups in total. The molecule has 20 heteroatoms. The Hall–Kier alpha value is 0.440. The highest BCUT2D eigenvalue weighted by Crippen LogP contribution is 2.52. The maximum absolute atomic E-state index is 11.6. The van der Waals surface area contributed by atoms with Crippen LogP contribution in [0.4, 0.5) is 0 Å². The summed E-state index contributed by atoms with van der Waals surface area (Å²) in [6.45, 7) is 1.23. The minimum Gasteiger partial charge on any atom is -0.387 e. The van der Waals surface area contributed by atoms with E-state index in [9.17, 15) is 38.3 Å². The van der Waals surface area contributed by atoms with Crippen LogP contribution in [0.15, 0.2) is 0 Å². The van der Waals surface area contributed by atoms with Gasteiger partial charge in [-0.15, -0.1) is 0 Å². The summed E-state index contributed by atoms with van der Waals surface area (Å²) in [5, 5.41) is 20.6. The Labute approximate surface area is 157 Å². The smallest absolute Gasteiger partial charge is 0.387 e. The number of phosphoric ester groups is 2. The van der Waals surface area contributed by atoms with Gasteiger partial charge in [0, 0.05) is 13.3 Å². The van der Waals surface area contributed by atoms with Crippen LogP contribution in [0.25, 0.3) is 0 Å². The molecule has 0 aromatic rings. The summed E-state index contributed by atoms with van der Waals surface area (Å²) in [5.74, 6) is 0. The molecule has 1 fully saturated rings. The molecule has 0 aromatic carbocycles. The average molecular weight is 496 g/mol. The second-order valence-corrected chi connectivity index (χ2v) is 11.9. The molecule has 1 aliphatic carbocycles. The van der Waals surface area contributed by atoms with E-state index in [-0.39, 0.29) is 0 Å².